The average molecular weight is 384 g/mol. The second kappa shape index (κ2) is 9.23. The number of carbonyl (C=O) groups excluding carboxylic acids is 1. The summed E-state index contributed by atoms with van der Waals surface area (Å²) in [6.45, 7) is 0. The van der Waals surface area contributed by atoms with Crippen LogP contribution in [0, 0.1) is 5.92 Å². The van der Waals surface area contributed by atoms with Crippen molar-refractivity contribution in [1.29, 1.82) is 0 Å². The third kappa shape index (κ3) is 6.55. The number of carboxylic acids is 1. The molecule has 0 spiro atoms. The number of aliphatic hydroxyl groups is 1. The van der Waals surface area contributed by atoms with Crippen LogP contribution in [0.15, 0.2) is 30.3 Å². The Bertz CT molecular complexity index is 632. The third-order valence-electron chi connectivity index (χ3n) is 5.01. The highest BCUT2D eigenvalue weighted by Gasteiger charge is 2.37. The maximum atomic E-state index is 13.2. The van der Waals surface area contributed by atoms with Gasteiger partial charge in [0.2, 0.25) is 5.92 Å². The van der Waals surface area contributed by atoms with Crippen LogP contribution < -0.4 is 11.1 Å². The first-order valence-electron chi connectivity index (χ1n) is 9.06. The molecule has 2 rings (SSSR count). The second-order valence-corrected chi connectivity index (χ2v) is 7.23. The van der Waals surface area contributed by atoms with Gasteiger partial charge >= 0.3 is 5.97 Å². The number of aliphatic carboxylic acids is 1. The van der Waals surface area contributed by atoms with E-state index >= 15 is 0 Å². The number of nitrogens with two attached hydrogens (primary N) is 1. The molecule has 3 atom stereocenters. The molecular formula is C19H26F2N2O4. The summed E-state index contributed by atoms with van der Waals surface area (Å²) < 4.78 is 26.4. The number of rotatable bonds is 8. The lowest BCUT2D eigenvalue weighted by atomic mass is 9.83. The van der Waals surface area contributed by atoms with Crippen LogP contribution in [-0.4, -0.2) is 46.2 Å². The molecule has 1 aromatic rings. The highest BCUT2D eigenvalue weighted by atomic mass is 19.3. The molecule has 0 saturated heterocycles. The van der Waals surface area contributed by atoms with Crippen LogP contribution in [-0.2, 0) is 16.0 Å². The predicted octanol–water partition coefficient (Wildman–Crippen LogP) is 1.70. The number of carbonyl (C=O) groups is 2. The van der Waals surface area contributed by atoms with E-state index in [0.29, 0.717) is 0 Å². The molecule has 0 bridgehead atoms. The summed E-state index contributed by atoms with van der Waals surface area (Å²) in [6, 6.07) is 6.93. The molecule has 6 nitrogen and oxygen atoms in total. The van der Waals surface area contributed by atoms with Crippen molar-refractivity contribution < 1.29 is 28.6 Å². The largest absolute Gasteiger partial charge is 0.480 e. The lowest BCUT2D eigenvalue weighted by Crippen LogP contribution is -2.52. The molecule has 1 fully saturated rings. The van der Waals surface area contributed by atoms with Crippen molar-refractivity contribution in [2.45, 2.75) is 62.6 Å². The summed E-state index contributed by atoms with van der Waals surface area (Å²) in [7, 11) is 0. The molecule has 1 unspecified atom stereocenters. The fourth-order valence-corrected chi connectivity index (χ4v) is 3.34. The SMILES string of the molecule is NC(Cc1ccccc1)[C@H](O)C(=O)N[C@@H](CC1CCC(F)(F)CC1)C(=O)O. The Morgan fingerprint density at radius 3 is 2.37 bits per heavy atom. The number of alkyl halides is 2. The Labute approximate surface area is 156 Å². The van der Waals surface area contributed by atoms with Gasteiger partial charge in [-0.25, -0.2) is 13.6 Å². The number of nitrogens with one attached hydrogen (secondary N) is 1. The minimum Gasteiger partial charge on any atom is -0.480 e. The predicted molar refractivity (Wildman–Crippen MR) is 95.2 cm³/mol. The van der Waals surface area contributed by atoms with E-state index in [2.05, 4.69) is 5.32 Å². The Balaban J connectivity index is 1.89. The molecule has 0 heterocycles. The van der Waals surface area contributed by atoms with Crippen LogP contribution in [0.2, 0.25) is 0 Å². The molecule has 1 aliphatic carbocycles. The van der Waals surface area contributed by atoms with Crippen LogP contribution in [0.3, 0.4) is 0 Å². The molecule has 1 amide bonds. The smallest absolute Gasteiger partial charge is 0.326 e. The fraction of sp³-hybridized carbons (Fsp3) is 0.579. The van der Waals surface area contributed by atoms with Gasteiger partial charge in [0.05, 0.1) is 0 Å². The molecule has 5 N–H and O–H groups in total. The summed E-state index contributed by atoms with van der Waals surface area (Å²) >= 11 is 0. The van der Waals surface area contributed by atoms with Gasteiger partial charge in [-0.2, -0.15) is 0 Å². The molecular weight excluding hydrogens is 358 g/mol. The van der Waals surface area contributed by atoms with E-state index in [1.165, 1.54) is 0 Å². The van der Waals surface area contributed by atoms with E-state index in [4.69, 9.17) is 5.73 Å². The van der Waals surface area contributed by atoms with Gasteiger partial charge in [0.15, 0.2) is 0 Å². The zero-order chi connectivity index (χ0) is 20.0. The number of amides is 1. The first-order chi connectivity index (χ1) is 12.7. The number of halogens is 2. The number of carboxylic acid groups (broad SMARTS) is 1. The quantitative estimate of drug-likeness (QED) is 0.545. The van der Waals surface area contributed by atoms with Crippen molar-refractivity contribution in [3.05, 3.63) is 35.9 Å². The zero-order valence-electron chi connectivity index (χ0n) is 15.0. The topological polar surface area (TPSA) is 113 Å². The minimum atomic E-state index is -2.70. The summed E-state index contributed by atoms with van der Waals surface area (Å²) in [4.78, 5) is 23.7. The Kier molecular flexibility index (Phi) is 7.26. The van der Waals surface area contributed by atoms with Gasteiger partial charge in [0, 0.05) is 18.9 Å². The van der Waals surface area contributed by atoms with Crippen molar-refractivity contribution in [2.24, 2.45) is 11.7 Å². The molecule has 1 aliphatic rings. The summed E-state index contributed by atoms with van der Waals surface area (Å²) in [5.74, 6) is -5.03. The maximum absolute atomic E-state index is 13.2. The maximum Gasteiger partial charge on any atom is 0.326 e. The van der Waals surface area contributed by atoms with Gasteiger partial charge in [-0.3, -0.25) is 4.79 Å². The highest BCUT2D eigenvalue weighted by molar-refractivity contribution is 5.86. The highest BCUT2D eigenvalue weighted by Crippen LogP contribution is 2.37. The number of hydrogen-bond acceptors (Lipinski definition) is 4. The summed E-state index contributed by atoms with van der Waals surface area (Å²) in [6.07, 6.45) is -1.39. The number of benzene rings is 1. The van der Waals surface area contributed by atoms with Crippen LogP contribution in [0.25, 0.3) is 0 Å². The van der Waals surface area contributed by atoms with E-state index in [0.717, 1.165) is 5.56 Å². The molecule has 1 aromatic carbocycles. The molecule has 27 heavy (non-hydrogen) atoms. The van der Waals surface area contributed by atoms with E-state index in [9.17, 15) is 28.6 Å². The van der Waals surface area contributed by atoms with Gasteiger partial charge in [-0.1, -0.05) is 30.3 Å². The van der Waals surface area contributed by atoms with E-state index < -0.39 is 36.0 Å². The van der Waals surface area contributed by atoms with E-state index in [-0.39, 0.29) is 44.4 Å². The standard InChI is InChI=1S/C19H26F2N2O4/c20-19(21)8-6-13(7-9-19)11-15(18(26)27)23-17(25)16(24)14(22)10-12-4-2-1-3-5-12/h1-5,13-16,24H,6-11,22H2,(H,23,25)(H,26,27)/t14?,15-,16-/m0/s1. The Hall–Kier alpha value is -2.06. The molecule has 8 heteroatoms. The molecule has 0 radical (unpaired) electrons. The van der Waals surface area contributed by atoms with Crippen molar-refractivity contribution in [3.63, 3.8) is 0 Å². The van der Waals surface area contributed by atoms with Crippen LogP contribution >= 0.6 is 0 Å². The Morgan fingerprint density at radius 1 is 1.22 bits per heavy atom. The van der Waals surface area contributed by atoms with Gasteiger partial charge in [-0.15, -0.1) is 0 Å². The van der Waals surface area contributed by atoms with E-state index in [1.807, 2.05) is 30.3 Å². The normalized spacial score (nSPS) is 20.4. The van der Waals surface area contributed by atoms with Gasteiger partial charge < -0.3 is 21.3 Å². The van der Waals surface area contributed by atoms with Crippen molar-refractivity contribution in [1.82, 2.24) is 5.32 Å². The van der Waals surface area contributed by atoms with Crippen LogP contribution in [0.1, 0.15) is 37.7 Å². The first-order valence-corrected chi connectivity index (χ1v) is 9.06. The number of hydrogen-bond donors (Lipinski definition) is 4. The van der Waals surface area contributed by atoms with Crippen molar-refractivity contribution in [2.75, 3.05) is 0 Å². The van der Waals surface area contributed by atoms with Crippen LogP contribution in [0.5, 0.6) is 0 Å². The van der Waals surface area contributed by atoms with Gasteiger partial charge in [0.25, 0.3) is 5.91 Å². The van der Waals surface area contributed by atoms with Crippen LogP contribution in [0.4, 0.5) is 8.78 Å². The average Bonchev–Trinajstić information content (AvgIpc) is 2.62. The second-order valence-electron chi connectivity index (χ2n) is 7.23. The fourth-order valence-electron chi connectivity index (χ4n) is 3.34. The molecule has 150 valence electrons. The van der Waals surface area contributed by atoms with E-state index in [1.54, 1.807) is 0 Å². The van der Waals surface area contributed by atoms with Gasteiger partial charge in [0.1, 0.15) is 12.1 Å². The van der Waals surface area contributed by atoms with Crippen molar-refractivity contribution in [3.8, 4) is 0 Å². The molecule has 0 aliphatic heterocycles. The molecule has 1 saturated carbocycles. The van der Waals surface area contributed by atoms with Gasteiger partial charge in [-0.05, 0) is 37.2 Å². The first kappa shape index (κ1) is 21.2. The summed E-state index contributed by atoms with van der Waals surface area (Å²) in [5, 5.41) is 21.8. The zero-order valence-corrected chi connectivity index (χ0v) is 15.0. The molecule has 0 aromatic heterocycles. The third-order valence-corrected chi connectivity index (χ3v) is 5.01. The minimum absolute atomic E-state index is 0.0534. The lowest BCUT2D eigenvalue weighted by molar-refractivity contribution is -0.144. The number of aliphatic hydroxyl groups excluding tert-OH is 1. The lowest BCUT2D eigenvalue weighted by Gasteiger charge is -2.30. The Morgan fingerprint density at radius 2 is 1.81 bits per heavy atom. The van der Waals surface area contributed by atoms with Crippen molar-refractivity contribution >= 4 is 11.9 Å². The monoisotopic (exact) mass is 384 g/mol. The summed E-state index contributed by atoms with van der Waals surface area (Å²) in [5.41, 5.74) is 6.72.